The molecule has 0 radical (unpaired) electrons. The number of rotatable bonds is 6. The van der Waals surface area contributed by atoms with Crippen molar-refractivity contribution in [3.63, 3.8) is 0 Å². The second kappa shape index (κ2) is 8.60. The highest BCUT2D eigenvalue weighted by Crippen LogP contribution is 2.31. The van der Waals surface area contributed by atoms with Crippen molar-refractivity contribution in [2.45, 2.75) is 9.79 Å². The largest absolute Gasteiger partial charge is 0.493 e. The van der Waals surface area contributed by atoms with Crippen LogP contribution < -0.4 is 9.47 Å². The Balaban J connectivity index is 1.79. The number of hydrogen-bond donors (Lipinski definition) is 0. The minimum Gasteiger partial charge on any atom is -0.493 e. The Morgan fingerprint density at radius 2 is 1.34 bits per heavy atom. The molecule has 0 amide bonds. The van der Waals surface area contributed by atoms with Crippen molar-refractivity contribution in [2.24, 2.45) is 0 Å². The first kappa shape index (κ1) is 22.0. The van der Waals surface area contributed by atoms with Crippen molar-refractivity contribution < 1.29 is 26.3 Å². The maximum Gasteiger partial charge on any atom is 0.244 e. The maximum absolute atomic E-state index is 13.0. The van der Waals surface area contributed by atoms with Crippen LogP contribution in [0.3, 0.4) is 0 Å². The maximum atomic E-state index is 13.0. The Morgan fingerprint density at radius 1 is 0.793 bits per heavy atom. The summed E-state index contributed by atoms with van der Waals surface area (Å²) in [6, 6.07) is 10.9. The fraction of sp³-hybridized carbons (Fsp3) is 0.333. The van der Waals surface area contributed by atoms with E-state index in [0.717, 1.165) is 0 Å². The highest BCUT2D eigenvalue weighted by atomic mass is 79.9. The molecule has 1 aliphatic rings. The van der Waals surface area contributed by atoms with Gasteiger partial charge in [0.15, 0.2) is 11.5 Å². The van der Waals surface area contributed by atoms with Gasteiger partial charge in [-0.05, 0) is 40.2 Å². The van der Waals surface area contributed by atoms with E-state index in [1.807, 2.05) is 0 Å². The molecule has 1 heterocycles. The number of benzene rings is 2. The zero-order chi connectivity index (χ0) is 21.2. The topological polar surface area (TPSA) is 93.2 Å². The first-order valence-electron chi connectivity index (χ1n) is 8.68. The SMILES string of the molecule is COc1ccc(S(=O)(=O)N2CCN(S(=O)(=O)c3ccccc3Br)CC2)cc1OC. The van der Waals surface area contributed by atoms with E-state index in [4.69, 9.17) is 9.47 Å². The Hall–Kier alpha value is -1.66. The lowest BCUT2D eigenvalue weighted by Crippen LogP contribution is -2.50. The van der Waals surface area contributed by atoms with Crippen molar-refractivity contribution in [1.82, 2.24) is 8.61 Å². The molecular weight excluding hydrogens is 484 g/mol. The third-order valence-electron chi connectivity index (χ3n) is 4.64. The highest BCUT2D eigenvalue weighted by Gasteiger charge is 2.34. The summed E-state index contributed by atoms with van der Waals surface area (Å²) >= 11 is 3.26. The van der Waals surface area contributed by atoms with Crippen molar-refractivity contribution in [2.75, 3.05) is 40.4 Å². The lowest BCUT2D eigenvalue weighted by molar-refractivity contribution is 0.272. The van der Waals surface area contributed by atoms with Gasteiger partial charge in [-0.2, -0.15) is 8.61 Å². The monoisotopic (exact) mass is 504 g/mol. The molecule has 1 saturated heterocycles. The number of piperazine rings is 1. The molecule has 29 heavy (non-hydrogen) atoms. The normalized spacial score (nSPS) is 16.5. The number of ether oxygens (including phenoxy) is 2. The van der Waals surface area contributed by atoms with Gasteiger partial charge in [0.25, 0.3) is 0 Å². The molecule has 2 aromatic carbocycles. The Labute approximate surface area is 179 Å². The fourth-order valence-corrected chi connectivity index (χ4v) is 6.89. The predicted molar refractivity (Wildman–Crippen MR) is 111 cm³/mol. The van der Waals surface area contributed by atoms with Crippen LogP contribution in [0, 0.1) is 0 Å². The van der Waals surface area contributed by atoms with Gasteiger partial charge in [-0.3, -0.25) is 0 Å². The number of methoxy groups -OCH3 is 2. The van der Waals surface area contributed by atoms with Crippen LogP contribution in [-0.4, -0.2) is 65.8 Å². The molecule has 3 rings (SSSR count). The van der Waals surface area contributed by atoms with Crippen LogP contribution in [0.25, 0.3) is 0 Å². The first-order valence-corrected chi connectivity index (χ1v) is 12.4. The summed E-state index contributed by atoms with van der Waals surface area (Å²) in [4.78, 5) is 0.230. The van der Waals surface area contributed by atoms with Gasteiger partial charge in [0.05, 0.1) is 24.0 Å². The standard InChI is InChI=1S/C18H21BrN2O6S2/c1-26-16-8-7-14(13-17(16)27-2)28(22,23)20-9-11-21(12-10-20)29(24,25)18-6-4-3-5-15(18)19/h3-8,13H,9-12H2,1-2H3. The van der Waals surface area contributed by atoms with Crippen molar-refractivity contribution in [3.8, 4) is 11.5 Å². The summed E-state index contributed by atoms with van der Waals surface area (Å²) in [5.41, 5.74) is 0. The molecule has 11 heteroatoms. The van der Waals surface area contributed by atoms with E-state index in [2.05, 4.69) is 15.9 Å². The average molecular weight is 505 g/mol. The fourth-order valence-electron chi connectivity index (χ4n) is 3.07. The molecule has 8 nitrogen and oxygen atoms in total. The second-order valence-electron chi connectivity index (χ2n) is 6.26. The van der Waals surface area contributed by atoms with Gasteiger partial charge >= 0.3 is 0 Å². The third kappa shape index (κ3) is 4.29. The minimum atomic E-state index is -3.79. The molecule has 0 bridgehead atoms. The molecule has 1 fully saturated rings. The van der Waals surface area contributed by atoms with Gasteiger partial charge in [-0.1, -0.05) is 12.1 Å². The number of hydrogen-bond acceptors (Lipinski definition) is 6. The summed E-state index contributed by atoms with van der Waals surface area (Å²) in [7, 11) is -4.61. The van der Waals surface area contributed by atoms with Gasteiger partial charge in [-0.15, -0.1) is 0 Å². The lowest BCUT2D eigenvalue weighted by atomic mass is 10.3. The molecule has 0 saturated carbocycles. The highest BCUT2D eigenvalue weighted by molar-refractivity contribution is 9.10. The van der Waals surface area contributed by atoms with Crippen LogP contribution in [0.4, 0.5) is 0 Å². The van der Waals surface area contributed by atoms with E-state index in [0.29, 0.717) is 16.0 Å². The number of sulfonamides is 2. The molecule has 0 aromatic heterocycles. The van der Waals surface area contributed by atoms with Gasteiger partial charge in [-0.25, -0.2) is 16.8 Å². The van der Waals surface area contributed by atoms with Crippen LogP contribution >= 0.6 is 15.9 Å². The van der Waals surface area contributed by atoms with Crippen molar-refractivity contribution in [1.29, 1.82) is 0 Å². The summed E-state index contributed by atoms with van der Waals surface area (Å²) in [6.45, 7) is 0.243. The second-order valence-corrected chi connectivity index (χ2v) is 11.0. The Morgan fingerprint density at radius 3 is 1.90 bits per heavy atom. The zero-order valence-corrected chi connectivity index (χ0v) is 19.1. The molecule has 1 aliphatic heterocycles. The molecule has 0 atom stereocenters. The number of nitrogens with zero attached hydrogens (tertiary/aromatic N) is 2. The van der Waals surface area contributed by atoms with Gasteiger partial charge in [0.2, 0.25) is 20.0 Å². The van der Waals surface area contributed by atoms with Crippen LogP contribution in [0.1, 0.15) is 0 Å². The quantitative estimate of drug-likeness (QED) is 0.598. The third-order valence-corrected chi connectivity index (χ3v) is 9.45. The summed E-state index contributed by atoms with van der Waals surface area (Å²) in [5, 5.41) is 0. The molecule has 0 aliphatic carbocycles. The Kier molecular flexibility index (Phi) is 6.54. The predicted octanol–water partition coefficient (Wildman–Crippen LogP) is 2.16. The van der Waals surface area contributed by atoms with E-state index in [1.165, 1.54) is 47.1 Å². The average Bonchev–Trinajstić information content (AvgIpc) is 2.73. The van der Waals surface area contributed by atoms with Crippen LogP contribution in [0.5, 0.6) is 11.5 Å². The van der Waals surface area contributed by atoms with Crippen LogP contribution in [-0.2, 0) is 20.0 Å². The van der Waals surface area contributed by atoms with Crippen LogP contribution in [0.2, 0.25) is 0 Å². The van der Waals surface area contributed by atoms with E-state index in [1.54, 1.807) is 18.2 Å². The molecule has 0 N–H and O–H groups in total. The van der Waals surface area contributed by atoms with Gasteiger partial charge in [0.1, 0.15) is 0 Å². The van der Waals surface area contributed by atoms with E-state index in [-0.39, 0.29) is 36.0 Å². The van der Waals surface area contributed by atoms with Gasteiger partial charge < -0.3 is 9.47 Å². The summed E-state index contributed by atoms with van der Waals surface area (Å²) in [6.07, 6.45) is 0. The Bertz CT molecular complexity index is 1100. The van der Waals surface area contributed by atoms with Crippen molar-refractivity contribution >= 4 is 36.0 Å². The molecule has 0 unspecified atom stereocenters. The molecule has 0 spiro atoms. The smallest absolute Gasteiger partial charge is 0.244 e. The molecule has 158 valence electrons. The zero-order valence-electron chi connectivity index (χ0n) is 15.9. The van der Waals surface area contributed by atoms with E-state index in [9.17, 15) is 16.8 Å². The number of halogens is 1. The molecule has 2 aromatic rings. The molecular formula is C18H21BrN2O6S2. The summed E-state index contributed by atoms with van der Waals surface area (Å²) < 4.78 is 65.1. The lowest BCUT2D eigenvalue weighted by Gasteiger charge is -2.33. The van der Waals surface area contributed by atoms with Gasteiger partial charge in [0, 0.05) is 36.7 Å². The summed E-state index contributed by atoms with van der Waals surface area (Å²) in [5.74, 6) is 0.736. The minimum absolute atomic E-state index is 0.0559. The van der Waals surface area contributed by atoms with Crippen molar-refractivity contribution in [3.05, 3.63) is 46.9 Å². The van der Waals surface area contributed by atoms with E-state index < -0.39 is 20.0 Å². The first-order chi connectivity index (χ1) is 13.7. The van der Waals surface area contributed by atoms with E-state index >= 15 is 0 Å². The van der Waals surface area contributed by atoms with Crippen LogP contribution in [0.15, 0.2) is 56.7 Å².